The second kappa shape index (κ2) is 6.91. The summed E-state index contributed by atoms with van der Waals surface area (Å²) in [5.74, 6) is 1.69. The van der Waals surface area contributed by atoms with E-state index >= 15 is 0 Å². The minimum Gasteiger partial charge on any atom is -0.497 e. The molecule has 1 saturated heterocycles. The molecule has 4 heteroatoms. The molecule has 0 radical (unpaired) electrons. The summed E-state index contributed by atoms with van der Waals surface area (Å²) in [4.78, 5) is 15.1. The highest BCUT2D eigenvalue weighted by atomic mass is 16.5. The molecule has 0 bridgehead atoms. The Morgan fingerprint density at radius 2 is 2.00 bits per heavy atom. The summed E-state index contributed by atoms with van der Waals surface area (Å²) in [7, 11) is 3.40. The lowest BCUT2D eigenvalue weighted by molar-refractivity contribution is -0.148. The van der Waals surface area contributed by atoms with E-state index in [1.807, 2.05) is 12.1 Å². The van der Waals surface area contributed by atoms with Crippen molar-refractivity contribution in [2.24, 2.45) is 5.41 Å². The standard InChI is InChI=1S/C19H27NO3/c1-22-13-11-19(9-3-10-19)18(21)20-12-8-16(14-20)15-4-6-17(23-2)7-5-15/h4-7,16H,3,8-14H2,1-2H3/t16-/m0/s1. The van der Waals surface area contributed by atoms with Crippen LogP contribution in [-0.2, 0) is 9.53 Å². The van der Waals surface area contributed by atoms with Crippen LogP contribution in [0.2, 0.25) is 0 Å². The van der Waals surface area contributed by atoms with Crippen LogP contribution in [0.4, 0.5) is 0 Å². The van der Waals surface area contributed by atoms with Crippen molar-refractivity contribution in [2.75, 3.05) is 33.9 Å². The average molecular weight is 317 g/mol. The summed E-state index contributed by atoms with van der Waals surface area (Å²) >= 11 is 0. The number of benzene rings is 1. The van der Waals surface area contributed by atoms with Crippen LogP contribution in [0.1, 0.15) is 43.6 Å². The number of nitrogens with zero attached hydrogens (tertiary/aromatic N) is 1. The van der Waals surface area contributed by atoms with Gasteiger partial charge in [-0.05, 0) is 43.4 Å². The van der Waals surface area contributed by atoms with E-state index in [0.717, 1.165) is 44.5 Å². The molecular weight excluding hydrogens is 290 g/mol. The maximum atomic E-state index is 13.0. The van der Waals surface area contributed by atoms with E-state index in [1.54, 1.807) is 14.2 Å². The number of carbonyl (C=O) groups is 1. The van der Waals surface area contributed by atoms with E-state index < -0.39 is 0 Å². The molecule has 3 rings (SSSR count). The molecule has 0 spiro atoms. The normalized spacial score (nSPS) is 22.7. The number of likely N-dealkylation sites (tertiary alicyclic amines) is 1. The summed E-state index contributed by atoms with van der Waals surface area (Å²) in [5, 5.41) is 0. The zero-order valence-corrected chi connectivity index (χ0v) is 14.2. The van der Waals surface area contributed by atoms with Crippen LogP contribution in [-0.4, -0.2) is 44.7 Å². The number of amides is 1. The second-order valence-electron chi connectivity index (χ2n) is 6.89. The van der Waals surface area contributed by atoms with Crippen molar-refractivity contribution in [3.05, 3.63) is 29.8 Å². The third-order valence-electron chi connectivity index (χ3n) is 5.61. The first kappa shape index (κ1) is 16.3. The van der Waals surface area contributed by atoms with Crippen LogP contribution in [0.25, 0.3) is 0 Å². The third kappa shape index (κ3) is 3.23. The van der Waals surface area contributed by atoms with Crippen LogP contribution in [0, 0.1) is 5.41 Å². The Hall–Kier alpha value is -1.55. The molecule has 1 atom stereocenters. The number of ether oxygens (including phenoxy) is 2. The molecular formula is C19H27NO3. The first-order valence-electron chi connectivity index (χ1n) is 8.61. The van der Waals surface area contributed by atoms with Gasteiger partial charge in [0.1, 0.15) is 5.75 Å². The van der Waals surface area contributed by atoms with Crippen molar-refractivity contribution in [3.8, 4) is 5.75 Å². The molecule has 1 aliphatic carbocycles. The second-order valence-corrected chi connectivity index (χ2v) is 6.89. The van der Waals surface area contributed by atoms with Gasteiger partial charge < -0.3 is 14.4 Å². The molecule has 0 N–H and O–H groups in total. The monoisotopic (exact) mass is 317 g/mol. The predicted molar refractivity (Wildman–Crippen MR) is 89.7 cm³/mol. The molecule has 4 nitrogen and oxygen atoms in total. The quantitative estimate of drug-likeness (QED) is 0.808. The van der Waals surface area contributed by atoms with Gasteiger partial charge in [-0.2, -0.15) is 0 Å². The largest absolute Gasteiger partial charge is 0.497 e. The number of hydrogen-bond acceptors (Lipinski definition) is 3. The lowest BCUT2D eigenvalue weighted by Gasteiger charge is -2.42. The number of rotatable bonds is 6. The summed E-state index contributed by atoms with van der Waals surface area (Å²) < 4.78 is 10.4. The van der Waals surface area contributed by atoms with Crippen molar-refractivity contribution in [3.63, 3.8) is 0 Å². The van der Waals surface area contributed by atoms with Gasteiger partial charge in [0.05, 0.1) is 12.5 Å². The molecule has 1 heterocycles. The molecule has 126 valence electrons. The van der Waals surface area contributed by atoms with E-state index in [2.05, 4.69) is 17.0 Å². The van der Waals surface area contributed by atoms with Gasteiger partial charge in [-0.3, -0.25) is 4.79 Å². The molecule has 1 amide bonds. The number of hydrogen-bond donors (Lipinski definition) is 0. The maximum absolute atomic E-state index is 13.0. The van der Waals surface area contributed by atoms with Gasteiger partial charge in [-0.1, -0.05) is 18.6 Å². The molecule has 2 fully saturated rings. The van der Waals surface area contributed by atoms with Crippen molar-refractivity contribution >= 4 is 5.91 Å². The van der Waals surface area contributed by atoms with Gasteiger partial charge in [-0.25, -0.2) is 0 Å². The fourth-order valence-electron chi connectivity index (χ4n) is 3.90. The molecule has 1 aromatic rings. The topological polar surface area (TPSA) is 38.8 Å². The van der Waals surface area contributed by atoms with E-state index in [4.69, 9.17) is 9.47 Å². The summed E-state index contributed by atoms with van der Waals surface area (Å²) in [6.07, 6.45) is 5.15. The highest BCUT2D eigenvalue weighted by Crippen LogP contribution is 2.46. The van der Waals surface area contributed by atoms with E-state index in [1.165, 1.54) is 12.0 Å². The molecule has 1 saturated carbocycles. The summed E-state index contributed by atoms with van der Waals surface area (Å²) in [6, 6.07) is 8.26. The smallest absolute Gasteiger partial charge is 0.228 e. The Kier molecular flexibility index (Phi) is 4.90. The maximum Gasteiger partial charge on any atom is 0.228 e. The van der Waals surface area contributed by atoms with Gasteiger partial charge in [0, 0.05) is 32.7 Å². The summed E-state index contributed by atoms with van der Waals surface area (Å²) in [5.41, 5.74) is 1.17. The molecule has 0 unspecified atom stereocenters. The molecule has 0 aromatic heterocycles. The Balaban J connectivity index is 1.63. The Labute approximate surface area is 138 Å². The Morgan fingerprint density at radius 1 is 1.26 bits per heavy atom. The van der Waals surface area contributed by atoms with E-state index in [9.17, 15) is 4.79 Å². The Bertz CT molecular complexity index is 536. The first-order chi connectivity index (χ1) is 11.2. The van der Waals surface area contributed by atoms with Crippen molar-refractivity contribution in [1.29, 1.82) is 0 Å². The van der Waals surface area contributed by atoms with Crippen molar-refractivity contribution in [1.82, 2.24) is 4.90 Å². The van der Waals surface area contributed by atoms with Crippen LogP contribution in [0.3, 0.4) is 0 Å². The average Bonchev–Trinajstić information content (AvgIpc) is 3.04. The van der Waals surface area contributed by atoms with Crippen LogP contribution < -0.4 is 4.74 Å². The zero-order valence-electron chi connectivity index (χ0n) is 14.2. The fraction of sp³-hybridized carbons (Fsp3) is 0.632. The lowest BCUT2D eigenvalue weighted by atomic mass is 9.66. The van der Waals surface area contributed by atoms with Gasteiger partial charge in [-0.15, -0.1) is 0 Å². The highest BCUT2D eigenvalue weighted by molar-refractivity contribution is 5.84. The van der Waals surface area contributed by atoms with E-state index in [-0.39, 0.29) is 5.41 Å². The zero-order chi connectivity index (χ0) is 16.3. The minimum atomic E-state index is -0.134. The van der Waals surface area contributed by atoms with Gasteiger partial charge in [0.15, 0.2) is 0 Å². The molecule has 1 aliphatic heterocycles. The minimum absolute atomic E-state index is 0.134. The van der Waals surface area contributed by atoms with E-state index in [0.29, 0.717) is 18.4 Å². The number of carbonyl (C=O) groups excluding carboxylic acids is 1. The van der Waals surface area contributed by atoms with Crippen molar-refractivity contribution < 1.29 is 14.3 Å². The predicted octanol–water partition coefficient (Wildman–Crippen LogP) is 3.22. The van der Waals surface area contributed by atoms with Crippen LogP contribution in [0.15, 0.2) is 24.3 Å². The summed E-state index contributed by atoms with van der Waals surface area (Å²) in [6.45, 7) is 2.41. The van der Waals surface area contributed by atoms with Crippen LogP contribution >= 0.6 is 0 Å². The SMILES string of the molecule is COCCC1(C(=O)N2CC[C@H](c3ccc(OC)cc3)C2)CCC1. The van der Waals surface area contributed by atoms with Crippen molar-refractivity contribution in [2.45, 2.75) is 38.0 Å². The molecule has 23 heavy (non-hydrogen) atoms. The third-order valence-corrected chi connectivity index (χ3v) is 5.61. The number of methoxy groups -OCH3 is 2. The lowest BCUT2D eigenvalue weighted by Crippen LogP contribution is -2.47. The van der Waals surface area contributed by atoms with Crippen LogP contribution in [0.5, 0.6) is 5.75 Å². The molecule has 2 aliphatic rings. The van der Waals surface area contributed by atoms with Gasteiger partial charge >= 0.3 is 0 Å². The highest BCUT2D eigenvalue weighted by Gasteiger charge is 2.47. The fourth-order valence-corrected chi connectivity index (χ4v) is 3.90. The molecule has 1 aromatic carbocycles. The first-order valence-corrected chi connectivity index (χ1v) is 8.61. The Morgan fingerprint density at radius 3 is 2.57 bits per heavy atom. The van der Waals surface area contributed by atoms with Gasteiger partial charge in [0.25, 0.3) is 0 Å². The van der Waals surface area contributed by atoms with Gasteiger partial charge in [0.2, 0.25) is 5.91 Å².